The predicted molar refractivity (Wildman–Crippen MR) is 117 cm³/mol. The fourth-order valence-electron chi connectivity index (χ4n) is 3.95. The van der Waals surface area contributed by atoms with Gasteiger partial charge in [-0.05, 0) is 5.56 Å². The van der Waals surface area contributed by atoms with Crippen molar-refractivity contribution in [1.82, 2.24) is 5.32 Å². The molecule has 0 radical (unpaired) electrons. The highest BCUT2D eigenvalue weighted by Crippen LogP contribution is 2.36. The smallest absolute Gasteiger partial charge is 0.264 e. The van der Waals surface area contributed by atoms with Crippen molar-refractivity contribution in [2.45, 2.75) is 50.5 Å². The molecule has 0 aromatic heterocycles. The van der Waals surface area contributed by atoms with Crippen molar-refractivity contribution in [3.63, 3.8) is 0 Å². The van der Waals surface area contributed by atoms with Gasteiger partial charge in [-0.25, -0.2) is 0 Å². The van der Waals surface area contributed by atoms with Crippen LogP contribution in [0.15, 0.2) is 60.7 Å². The van der Waals surface area contributed by atoms with E-state index in [9.17, 15) is 13.2 Å². The van der Waals surface area contributed by atoms with Crippen molar-refractivity contribution in [2.75, 3.05) is 12.9 Å². The molecule has 9 nitrogen and oxygen atoms in total. The molecule has 2 aliphatic heterocycles. The summed E-state index contributed by atoms with van der Waals surface area (Å²) in [5, 5.41) is 2.73. The molecule has 4 rings (SSSR count). The lowest BCUT2D eigenvalue weighted by atomic mass is 9.95. The van der Waals surface area contributed by atoms with Crippen molar-refractivity contribution < 1.29 is 36.3 Å². The maximum absolute atomic E-state index is 12.1. The Kier molecular flexibility index (Phi) is 7.42. The molecule has 1 amide bonds. The number of carbonyl (C=O) groups excluding carboxylic acids is 1. The molecule has 2 fully saturated rings. The highest BCUT2D eigenvalue weighted by atomic mass is 32.2. The zero-order valence-electron chi connectivity index (χ0n) is 18.3. The maximum atomic E-state index is 12.1. The van der Waals surface area contributed by atoms with E-state index in [1.165, 1.54) is 6.92 Å². The minimum Gasteiger partial charge on any atom is -0.346 e. The monoisotopic (exact) mass is 477 g/mol. The molecule has 2 saturated heterocycles. The van der Waals surface area contributed by atoms with Gasteiger partial charge in [0.1, 0.15) is 24.4 Å². The Bertz CT molecular complexity index is 1030. The second-order valence-electron chi connectivity index (χ2n) is 8.01. The number of benzene rings is 2. The molecule has 2 aliphatic rings. The van der Waals surface area contributed by atoms with Gasteiger partial charge in [0, 0.05) is 12.5 Å². The van der Waals surface area contributed by atoms with Crippen molar-refractivity contribution in [2.24, 2.45) is 0 Å². The van der Waals surface area contributed by atoms with Crippen LogP contribution in [-0.2, 0) is 44.7 Å². The number of fused-ring (bicyclic) bond motifs is 1. The molecule has 10 heteroatoms. The van der Waals surface area contributed by atoms with Crippen molar-refractivity contribution in [1.29, 1.82) is 0 Å². The van der Waals surface area contributed by atoms with Crippen LogP contribution in [0.25, 0.3) is 0 Å². The average Bonchev–Trinajstić information content (AvgIpc) is 2.79. The standard InChI is InChI=1S/C23H27NO8S/c1-15(25)24-19-21(32-33(2,26)27)20-18(14-29-22(31-20)17-11-7-4-8-12-17)30-23(19)28-13-16-9-5-3-6-10-16/h3-12,18-23H,13-14H2,1-2H3,(H,24,25)/t18-,19+,20+,21+,22+,23+/m1/s1. The van der Waals surface area contributed by atoms with Crippen LogP contribution in [0.1, 0.15) is 24.3 Å². The summed E-state index contributed by atoms with van der Waals surface area (Å²) >= 11 is 0. The number of amides is 1. The molecular weight excluding hydrogens is 450 g/mol. The fraction of sp³-hybridized carbons (Fsp3) is 0.435. The lowest BCUT2D eigenvalue weighted by Crippen LogP contribution is -2.67. The number of hydrogen-bond acceptors (Lipinski definition) is 8. The SMILES string of the molecule is CC(=O)N[C@@H]1[C@@H](OCc2ccccc2)O[C@@H]2CO[C@H](c3ccccc3)O[C@@H]2[C@H]1OS(C)(=O)=O. The topological polar surface area (TPSA) is 109 Å². The van der Waals surface area contributed by atoms with E-state index in [4.69, 9.17) is 23.1 Å². The van der Waals surface area contributed by atoms with Gasteiger partial charge in [0.05, 0.1) is 19.5 Å². The Labute approximate surface area is 193 Å². The number of ether oxygens (including phenoxy) is 4. The van der Waals surface area contributed by atoms with Crippen molar-refractivity contribution >= 4 is 16.0 Å². The molecule has 2 aromatic carbocycles. The van der Waals surface area contributed by atoms with E-state index in [0.29, 0.717) is 0 Å². The summed E-state index contributed by atoms with van der Waals surface area (Å²) in [4.78, 5) is 12.0. The van der Waals surface area contributed by atoms with Crippen LogP contribution in [0.3, 0.4) is 0 Å². The summed E-state index contributed by atoms with van der Waals surface area (Å²) in [6, 6.07) is 17.8. The van der Waals surface area contributed by atoms with E-state index in [0.717, 1.165) is 17.4 Å². The van der Waals surface area contributed by atoms with Crippen LogP contribution in [0, 0.1) is 0 Å². The summed E-state index contributed by atoms with van der Waals surface area (Å²) in [7, 11) is -3.90. The van der Waals surface area contributed by atoms with Crippen LogP contribution < -0.4 is 5.32 Å². The second-order valence-corrected chi connectivity index (χ2v) is 9.61. The summed E-state index contributed by atoms with van der Waals surface area (Å²) < 4.78 is 53.7. The normalized spacial score (nSPS) is 29.8. The van der Waals surface area contributed by atoms with Gasteiger partial charge < -0.3 is 24.3 Å². The van der Waals surface area contributed by atoms with E-state index in [1.54, 1.807) is 0 Å². The third-order valence-electron chi connectivity index (χ3n) is 5.32. The number of rotatable bonds is 7. The van der Waals surface area contributed by atoms with Crippen LogP contribution in [0.4, 0.5) is 0 Å². The molecule has 0 unspecified atom stereocenters. The first-order valence-corrected chi connectivity index (χ1v) is 12.4. The first kappa shape index (κ1) is 23.8. The predicted octanol–water partition coefficient (Wildman–Crippen LogP) is 1.89. The van der Waals surface area contributed by atoms with E-state index < -0.39 is 47.1 Å². The molecule has 2 heterocycles. The summed E-state index contributed by atoms with van der Waals surface area (Å²) in [6.45, 7) is 1.65. The Balaban J connectivity index is 1.60. The molecule has 33 heavy (non-hydrogen) atoms. The number of carbonyl (C=O) groups is 1. The number of nitrogens with one attached hydrogen (secondary N) is 1. The molecule has 0 bridgehead atoms. The van der Waals surface area contributed by atoms with Gasteiger partial charge in [0.15, 0.2) is 12.6 Å². The van der Waals surface area contributed by atoms with Gasteiger partial charge >= 0.3 is 0 Å². The molecule has 1 N–H and O–H groups in total. The minimum atomic E-state index is -3.90. The average molecular weight is 478 g/mol. The Hall–Kier alpha value is -2.34. The van der Waals surface area contributed by atoms with Crippen molar-refractivity contribution in [3.8, 4) is 0 Å². The lowest BCUT2D eigenvalue weighted by Gasteiger charge is -2.48. The van der Waals surface area contributed by atoms with E-state index in [1.807, 2.05) is 60.7 Å². The zero-order valence-corrected chi connectivity index (χ0v) is 19.1. The minimum absolute atomic E-state index is 0.131. The molecule has 0 saturated carbocycles. The summed E-state index contributed by atoms with van der Waals surface area (Å²) in [5.41, 5.74) is 1.67. The van der Waals surface area contributed by atoms with Gasteiger partial charge in [-0.3, -0.25) is 8.98 Å². The molecule has 0 aliphatic carbocycles. The Morgan fingerprint density at radius 1 is 1.06 bits per heavy atom. The first-order valence-electron chi connectivity index (χ1n) is 10.6. The molecule has 6 atom stereocenters. The molecule has 0 spiro atoms. The van der Waals surface area contributed by atoms with Gasteiger partial charge in [-0.2, -0.15) is 8.42 Å². The second kappa shape index (κ2) is 10.3. The van der Waals surface area contributed by atoms with E-state index >= 15 is 0 Å². The van der Waals surface area contributed by atoms with Crippen molar-refractivity contribution in [3.05, 3.63) is 71.8 Å². The Morgan fingerprint density at radius 3 is 2.36 bits per heavy atom. The summed E-state index contributed by atoms with van der Waals surface area (Å²) in [6.07, 6.45) is -3.34. The van der Waals surface area contributed by atoms with Crippen LogP contribution in [0.5, 0.6) is 0 Å². The lowest BCUT2D eigenvalue weighted by molar-refractivity contribution is -0.342. The number of hydrogen-bond donors (Lipinski definition) is 1. The van der Waals surface area contributed by atoms with E-state index in [2.05, 4.69) is 5.32 Å². The highest BCUT2D eigenvalue weighted by Gasteiger charge is 2.52. The van der Waals surface area contributed by atoms with Gasteiger partial charge in [0.25, 0.3) is 10.1 Å². The van der Waals surface area contributed by atoms with Gasteiger partial charge in [0.2, 0.25) is 5.91 Å². The maximum Gasteiger partial charge on any atom is 0.264 e. The Morgan fingerprint density at radius 2 is 1.73 bits per heavy atom. The molecular formula is C23H27NO8S. The van der Waals surface area contributed by atoms with Crippen LogP contribution in [0.2, 0.25) is 0 Å². The van der Waals surface area contributed by atoms with Gasteiger partial charge in [-0.1, -0.05) is 60.7 Å². The highest BCUT2D eigenvalue weighted by molar-refractivity contribution is 7.86. The molecule has 178 valence electrons. The fourth-order valence-corrected chi connectivity index (χ4v) is 4.58. The summed E-state index contributed by atoms with van der Waals surface area (Å²) in [5.74, 6) is -0.385. The van der Waals surface area contributed by atoms with Gasteiger partial charge in [-0.15, -0.1) is 0 Å². The third-order valence-corrected chi connectivity index (χ3v) is 5.90. The van der Waals surface area contributed by atoms with Crippen LogP contribution >= 0.6 is 0 Å². The molecule has 2 aromatic rings. The third kappa shape index (κ3) is 6.17. The van der Waals surface area contributed by atoms with E-state index in [-0.39, 0.29) is 19.1 Å². The van der Waals surface area contributed by atoms with Crippen LogP contribution in [-0.4, -0.2) is 57.8 Å². The first-order chi connectivity index (χ1) is 15.8. The largest absolute Gasteiger partial charge is 0.346 e. The quantitative estimate of drug-likeness (QED) is 0.602. The zero-order chi connectivity index (χ0) is 23.4.